The molecule has 0 saturated carbocycles. The molecule has 20 heavy (non-hydrogen) atoms. The number of aryl methyl sites for hydroxylation is 1. The van der Waals surface area contributed by atoms with Crippen LogP contribution in [0.5, 0.6) is 0 Å². The van der Waals surface area contributed by atoms with Crippen molar-refractivity contribution in [3.05, 3.63) is 40.4 Å². The second-order valence-corrected chi connectivity index (χ2v) is 6.74. The normalized spacial score (nSPS) is 13.4. The lowest BCUT2D eigenvalue weighted by Gasteiger charge is -2.14. The fourth-order valence-electron chi connectivity index (χ4n) is 1.72. The predicted molar refractivity (Wildman–Crippen MR) is 76.2 cm³/mol. The van der Waals surface area contributed by atoms with Gasteiger partial charge in [-0.15, -0.1) is 10.2 Å². The van der Waals surface area contributed by atoms with Crippen LogP contribution in [-0.4, -0.2) is 23.2 Å². The minimum Gasteiger partial charge on any atom is -0.319 e. The van der Waals surface area contributed by atoms with Gasteiger partial charge in [0, 0.05) is 12.1 Å². The van der Waals surface area contributed by atoms with Gasteiger partial charge in [0.2, 0.25) is 10.0 Å². The van der Waals surface area contributed by atoms with E-state index < -0.39 is 16.1 Å². The smallest absolute Gasteiger partial charge is 0.242 e. The van der Waals surface area contributed by atoms with Gasteiger partial charge in [-0.25, -0.2) is 13.1 Å². The second-order valence-electron chi connectivity index (χ2n) is 4.22. The number of nitrogens with zero attached hydrogens (tertiary/aromatic N) is 3. The third kappa shape index (κ3) is 3.12. The highest BCUT2D eigenvalue weighted by Crippen LogP contribution is 2.26. The fraction of sp³-hybridized carbons (Fsp3) is 0.273. The van der Waals surface area contributed by atoms with Gasteiger partial charge in [-0.3, -0.25) is 0 Å². The van der Waals surface area contributed by atoms with Crippen molar-refractivity contribution in [3.63, 3.8) is 0 Å². The van der Waals surface area contributed by atoms with E-state index in [2.05, 4.69) is 14.9 Å². The van der Waals surface area contributed by atoms with Crippen LogP contribution in [0.25, 0.3) is 0 Å². The Morgan fingerprint density at radius 3 is 2.65 bits per heavy atom. The van der Waals surface area contributed by atoms with Gasteiger partial charge in [-0.2, -0.15) is 0 Å². The molecule has 0 aliphatic heterocycles. The quantitative estimate of drug-likeness (QED) is 0.929. The van der Waals surface area contributed by atoms with Crippen molar-refractivity contribution in [2.24, 2.45) is 7.05 Å². The Balaban J connectivity index is 2.32. The van der Waals surface area contributed by atoms with E-state index in [0.717, 1.165) is 0 Å². The lowest BCUT2D eigenvalue weighted by molar-refractivity contribution is 0.553. The molecular weight excluding hydrogens is 323 g/mol. The van der Waals surface area contributed by atoms with Crippen LogP contribution in [0.2, 0.25) is 10.0 Å². The molecule has 1 atom stereocenters. The summed E-state index contributed by atoms with van der Waals surface area (Å²) in [6.45, 7) is 1.67. The molecule has 6 nitrogen and oxygen atoms in total. The SMILES string of the molecule is C[C@H](NS(=O)(=O)c1cc(Cl)ccc1Cl)c1nncn1C. The van der Waals surface area contributed by atoms with Crippen LogP contribution >= 0.6 is 23.2 Å². The van der Waals surface area contributed by atoms with Crippen molar-refractivity contribution in [3.8, 4) is 0 Å². The van der Waals surface area contributed by atoms with Crippen LogP contribution in [0.15, 0.2) is 29.4 Å². The third-order valence-electron chi connectivity index (χ3n) is 2.65. The van der Waals surface area contributed by atoms with E-state index in [-0.39, 0.29) is 9.92 Å². The molecule has 0 aliphatic rings. The van der Waals surface area contributed by atoms with Crippen LogP contribution in [0, 0.1) is 0 Å². The van der Waals surface area contributed by atoms with Crippen LogP contribution in [0.1, 0.15) is 18.8 Å². The number of benzene rings is 1. The van der Waals surface area contributed by atoms with E-state index in [4.69, 9.17) is 23.2 Å². The van der Waals surface area contributed by atoms with E-state index in [1.54, 1.807) is 18.5 Å². The molecule has 0 saturated heterocycles. The highest BCUT2D eigenvalue weighted by Gasteiger charge is 2.23. The van der Waals surface area contributed by atoms with Gasteiger partial charge in [-0.05, 0) is 25.1 Å². The topological polar surface area (TPSA) is 76.9 Å². The second kappa shape index (κ2) is 5.69. The number of hydrogen-bond donors (Lipinski definition) is 1. The molecule has 0 unspecified atom stereocenters. The fourth-order valence-corrected chi connectivity index (χ4v) is 3.68. The molecule has 1 heterocycles. The van der Waals surface area contributed by atoms with Crippen LogP contribution in [0.3, 0.4) is 0 Å². The molecule has 1 aromatic heterocycles. The Morgan fingerprint density at radius 1 is 1.35 bits per heavy atom. The highest BCUT2D eigenvalue weighted by molar-refractivity contribution is 7.89. The highest BCUT2D eigenvalue weighted by atomic mass is 35.5. The maximum atomic E-state index is 12.3. The third-order valence-corrected chi connectivity index (χ3v) is 4.91. The summed E-state index contributed by atoms with van der Waals surface area (Å²) in [6, 6.07) is 3.71. The number of sulfonamides is 1. The molecule has 1 N–H and O–H groups in total. The van der Waals surface area contributed by atoms with Crippen molar-refractivity contribution < 1.29 is 8.42 Å². The number of hydrogen-bond acceptors (Lipinski definition) is 4. The zero-order valence-corrected chi connectivity index (χ0v) is 13.0. The zero-order valence-electron chi connectivity index (χ0n) is 10.7. The zero-order chi connectivity index (χ0) is 14.9. The first-order valence-corrected chi connectivity index (χ1v) is 7.86. The Morgan fingerprint density at radius 2 is 2.05 bits per heavy atom. The van der Waals surface area contributed by atoms with Gasteiger partial charge in [-0.1, -0.05) is 23.2 Å². The molecule has 2 rings (SSSR count). The summed E-state index contributed by atoms with van der Waals surface area (Å²) < 4.78 is 28.7. The molecule has 0 radical (unpaired) electrons. The molecule has 2 aromatic rings. The molecule has 108 valence electrons. The van der Waals surface area contributed by atoms with Gasteiger partial charge in [0.1, 0.15) is 17.0 Å². The molecule has 0 fully saturated rings. The monoisotopic (exact) mass is 334 g/mol. The molecular formula is C11H12Cl2N4O2S. The Bertz CT molecular complexity index is 730. The first-order valence-electron chi connectivity index (χ1n) is 5.62. The largest absolute Gasteiger partial charge is 0.319 e. The maximum Gasteiger partial charge on any atom is 0.242 e. The molecule has 0 aliphatic carbocycles. The van der Waals surface area contributed by atoms with Crippen LogP contribution in [-0.2, 0) is 17.1 Å². The maximum absolute atomic E-state index is 12.3. The molecule has 9 heteroatoms. The van der Waals surface area contributed by atoms with Crippen molar-refractivity contribution in [2.45, 2.75) is 17.9 Å². The average molecular weight is 335 g/mol. The lowest BCUT2D eigenvalue weighted by Crippen LogP contribution is -2.28. The molecule has 0 spiro atoms. The first-order chi connectivity index (χ1) is 9.31. The number of rotatable bonds is 4. The summed E-state index contributed by atoms with van der Waals surface area (Å²) >= 11 is 11.7. The molecule has 0 bridgehead atoms. The summed E-state index contributed by atoms with van der Waals surface area (Å²) in [5.74, 6) is 0.492. The van der Waals surface area contributed by atoms with Crippen molar-refractivity contribution in [1.82, 2.24) is 19.5 Å². The summed E-state index contributed by atoms with van der Waals surface area (Å²) in [5.41, 5.74) is 0. The first kappa shape index (κ1) is 15.2. The van der Waals surface area contributed by atoms with Crippen LogP contribution < -0.4 is 4.72 Å². The standard InChI is InChI=1S/C11H12Cl2N4O2S/c1-7(11-15-14-6-17(11)2)16-20(18,19)10-5-8(12)3-4-9(10)13/h3-7,16H,1-2H3/t7-/m0/s1. The number of halogens is 2. The van der Waals surface area contributed by atoms with E-state index in [1.807, 2.05) is 0 Å². The summed E-state index contributed by atoms with van der Waals surface area (Å²) in [6.07, 6.45) is 1.49. The van der Waals surface area contributed by atoms with Crippen molar-refractivity contribution >= 4 is 33.2 Å². The van der Waals surface area contributed by atoms with Gasteiger partial charge in [0.05, 0.1) is 11.1 Å². The van der Waals surface area contributed by atoms with Crippen LogP contribution in [0.4, 0.5) is 0 Å². The average Bonchev–Trinajstić information content (AvgIpc) is 2.78. The number of nitrogens with one attached hydrogen (secondary N) is 1. The van der Waals surface area contributed by atoms with Crippen molar-refractivity contribution in [1.29, 1.82) is 0 Å². The van der Waals surface area contributed by atoms with E-state index in [0.29, 0.717) is 10.8 Å². The van der Waals surface area contributed by atoms with E-state index in [9.17, 15) is 8.42 Å². The Hall–Kier alpha value is -1.15. The number of aromatic nitrogens is 3. The lowest BCUT2D eigenvalue weighted by atomic mass is 10.3. The minimum absolute atomic E-state index is 0.0688. The Kier molecular flexibility index (Phi) is 4.33. The summed E-state index contributed by atoms with van der Waals surface area (Å²) in [5, 5.41) is 7.97. The Labute approximate surface area is 126 Å². The summed E-state index contributed by atoms with van der Waals surface area (Å²) in [4.78, 5) is -0.0688. The molecule has 0 amide bonds. The molecule has 1 aromatic carbocycles. The van der Waals surface area contributed by atoms with Gasteiger partial charge in [0.15, 0.2) is 0 Å². The van der Waals surface area contributed by atoms with E-state index in [1.165, 1.54) is 24.5 Å². The van der Waals surface area contributed by atoms with E-state index >= 15 is 0 Å². The van der Waals surface area contributed by atoms with Gasteiger partial charge >= 0.3 is 0 Å². The minimum atomic E-state index is -3.80. The van der Waals surface area contributed by atoms with Gasteiger partial charge in [0.25, 0.3) is 0 Å². The van der Waals surface area contributed by atoms with Crippen molar-refractivity contribution in [2.75, 3.05) is 0 Å². The van der Waals surface area contributed by atoms with Gasteiger partial charge < -0.3 is 4.57 Å². The predicted octanol–water partition coefficient (Wildman–Crippen LogP) is 2.16. The summed E-state index contributed by atoms with van der Waals surface area (Å²) in [7, 11) is -2.07.